The molecule has 8 nitrogen and oxygen atoms in total. The van der Waals surface area contributed by atoms with E-state index in [4.69, 9.17) is 30.0 Å². The van der Waals surface area contributed by atoms with Crippen LogP contribution in [0.5, 0.6) is 0 Å². The highest BCUT2D eigenvalue weighted by Gasteiger charge is 2.14. The predicted molar refractivity (Wildman–Crippen MR) is 84.2 cm³/mol. The number of amides is 1. The maximum absolute atomic E-state index is 11.3. The van der Waals surface area contributed by atoms with E-state index in [1.165, 1.54) is 0 Å². The Balaban J connectivity index is 4.16. The monoisotopic (exact) mass is 336 g/mol. The summed E-state index contributed by atoms with van der Waals surface area (Å²) in [6, 6.07) is 5.25. The molecule has 0 aliphatic rings. The largest absolute Gasteiger partial charge is 0.380 e. The van der Waals surface area contributed by atoms with Crippen LogP contribution in [0.15, 0.2) is 0 Å². The van der Waals surface area contributed by atoms with E-state index in [-0.39, 0.29) is 18.4 Å². The molecule has 0 heterocycles. The number of nitrogens with one attached hydrogen (secondary N) is 1. The van der Waals surface area contributed by atoms with Crippen LogP contribution < -0.4 is 5.32 Å². The minimum atomic E-state index is -0.697. The Kier molecular flexibility index (Phi) is 14.3. The van der Waals surface area contributed by atoms with Gasteiger partial charge in [-0.05, 0) is 0 Å². The Hall–Kier alpha value is -2.18. The molecule has 1 unspecified atom stereocenters. The third kappa shape index (κ3) is 12.4. The van der Waals surface area contributed by atoms with Crippen LogP contribution in [0.4, 0.5) is 0 Å². The van der Waals surface area contributed by atoms with Gasteiger partial charge >= 0.3 is 0 Å². The maximum atomic E-state index is 11.3. The molecule has 0 bridgehead atoms. The summed E-state index contributed by atoms with van der Waals surface area (Å²) >= 11 is 0. The molecular formula is C16H24N4O4. The Morgan fingerprint density at radius 2 is 1.50 bits per heavy atom. The molecule has 132 valence electrons. The van der Waals surface area contributed by atoms with Crippen molar-refractivity contribution in [2.24, 2.45) is 5.92 Å². The van der Waals surface area contributed by atoms with Crippen molar-refractivity contribution in [1.29, 1.82) is 15.8 Å². The molecule has 24 heavy (non-hydrogen) atoms. The summed E-state index contributed by atoms with van der Waals surface area (Å²) in [6.07, 6.45) is 0.922. The highest BCUT2D eigenvalue weighted by atomic mass is 16.5. The van der Waals surface area contributed by atoms with Gasteiger partial charge in [0.15, 0.2) is 0 Å². The molecule has 0 rings (SSSR count). The summed E-state index contributed by atoms with van der Waals surface area (Å²) < 4.78 is 16.2. The van der Waals surface area contributed by atoms with Crippen molar-refractivity contribution in [3.05, 3.63) is 0 Å². The van der Waals surface area contributed by atoms with E-state index >= 15 is 0 Å². The minimum absolute atomic E-state index is 0.0785. The zero-order valence-electron chi connectivity index (χ0n) is 14.0. The molecule has 0 spiro atoms. The standard InChI is InChI=1S/C16H24N4O4/c1-2-16(21)20-15(9-19)13-24-12-14(10-22-7-3-5-17)11-23-8-4-6-18/h14-15H,2-4,7-8,10-13H2,1H3,(H,20,21). The van der Waals surface area contributed by atoms with Crippen molar-refractivity contribution in [3.8, 4) is 18.2 Å². The number of hydrogen-bond donors (Lipinski definition) is 1. The smallest absolute Gasteiger partial charge is 0.220 e. The van der Waals surface area contributed by atoms with Crippen LogP contribution in [0.25, 0.3) is 0 Å². The molecule has 1 atom stereocenters. The first-order valence-electron chi connectivity index (χ1n) is 7.84. The lowest BCUT2D eigenvalue weighted by molar-refractivity contribution is -0.121. The van der Waals surface area contributed by atoms with Crippen LogP contribution in [0.3, 0.4) is 0 Å². The van der Waals surface area contributed by atoms with E-state index < -0.39 is 6.04 Å². The molecule has 0 aromatic carbocycles. The molecule has 0 saturated carbocycles. The van der Waals surface area contributed by atoms with E-state index in [0.29, 0.717) is 52.3 Å². The molecule has 0 aromatic heterocycles. The Bertz CT molecular complexity index is 442. The van der Waals surface area contributed by atoms with Gasteiger partial charge in [-0.2, -0.15) is 15.8 Å². The summed E-state index contributed by atoms with van der Waals surface area (Å²) in [7, 11) is 0. The average Bonchev–Trinajstić information content (AvgIpc) is 2.60. The van der Waals surface area contributed by atoms with Crippen molar-refractivity contribution in [2.45, 2.75) is 32.2 Å². The average molecular weight is 336 g/mol. The van der Waals surface area contributed by atoms with Crippen LogP contribution >= 0.6 is 0 Å². The molecule has 1 N–H and O–H groups in total. The number of nitriles is 3. The van der Waals surface area contributed by atoms with Crippen LogP contribution in [-0.2, 0) is 19.0 Å². The highest BCUT2D eigenvalue weighted by Crippen LogP contribution is 2.02. The minimum Gasteiger partial charge on any atom is -0.380 e. The number of rotatable bonds is 14. The zero-order valence-corrected chi connectivity index (χ0v) is 14.0. The summed E-state index contributed by atoms with van der Waals surface area (Å²) in [5.74, 6) is -0.287. The van der Waals surface area contributed by atoms with Gasteiger partial charge in [-0.25, -0.2) is 0 Å². The molecule has 0 aliphatic carbocycles. The van der Waals surface area contributed by atoms with Gasteiger partial charge in [-0.3, -0.25) is 4.79 Å². The van der Waals surface area contributed by atoms with Gasteiger partial charge in [0, 0.05) is 12.3 Å². The SMILES string of the molecule is CCC(=O)NC(C#N)COCC(COCCC#N)COCCC#N. The number of ether oxygens (including phenoxy) is 3. The lowest BCUT2D eigenvalue weighted by Crippen LogP contribution is -2.37. The van der Waals surface area contributed by atoms with Crippen LogP contribution in [0.2, 0.25) is 0 Å². The quantitative estimate of drug-likeness (QED) is 0.467. The number of carbonyl (C=O) groups is 1. The van der Waals surface area contributed by atoms with E-state index in [1.807, 2.05) is 18.2 Å². The second kappa shape index (κ2) is 15.7. The highest BCUT2D eigenvalue weighted by molar-refractivity contribution is 5.76. The number of hydrogen-bond acceptors (Lipinski definition) is 7. The third-order valence-electron chi connectivity index (χ3n) is 2.87. The second-order valence-electron chi connectivity index (χ2n) is 4.97. The lowest BCUT2D eigenvalue weighted by Gasteiger charge is -2.18. The van der Waals surface area contributed by atoms with E-state index in [2.05, 4.69) is 5.32 Å². The van der Waals surface area contributed by atoms with Crippen LogP contribution in [0.1, 0.15) is 26.2 Å². The van der Waals surface area contributed by atoms with E-state index in [0.717, 1.165) is 0 Å². The van der Waals surface area contributed by atoms with Crippen molar-refractivity contribution >= 4 is 5.91 Å². The van der Waals surface area contributed by atoms with Crippen molar-refractivity contribution in [2.75, 3.05) is 39.6 Å². The number of carbonyl (C=O) groups excluding carboxylic acids is 1. The van der Waals surface area contributed by atoms with Crippen molar-refractivity contribution in [3.63, 3.8) is 0 Å². The predicted octanol–water partition coefficient (Wildman–Crippen LogP) is 0.898. The van der Waals surface area contributed by atoms with Crippen molar-refractivity contribution < 1.29 is 19.0 Å². The summed E-state index contributed by atoms with van der Waals surface area (Å²) in [5, 5.41) is 28.5. The van der Waals surface area contributed by atoms with E-state index in [9.17, 15) is 4.79 Å². The fourth-order valence-corrected chi connectivity index (χ4v) is 1.64. The Labute approximate surface area is 142 Å². The van der Waals surface area contributed by atoms with Crippen LogP contribution in [-0.4, -0.2) is 51.6 Å². The van der Waals surface area contributed by atoms with Gasteiger partial charge in [-0.15, -0.1) is 0 Å². The molecule has 0 saturated heterocycles. The van der Waals surface area contributed by atoms with Gasteiger partial charge < -0.3 is 19.5 Å². The maximum Gasteiger partial charge on any atom is 0.220 e. The third-order valence-corrected chi connectivity index (χ3v) is 2.87. The molecule has 0 radical (unpaired) electrons. The first kappa shape index (κ1) is 21.8. The number of nitrogens with zero attached hydrogens (tertiary/aromatic N) is 3. The van der Waals surface area contributed by atoms with Gasteiger partial charge in [-0.1, -0.05) is 6.92 Å². The fraction of sp³-hybridized carbons (Fsp3) is 0.750. The normalized spacial score (nSPS) is 11.3. The topological polar surface area (TPSA) is 128 Å². The summed E-state index contributed by atoms with van der Waals surface area (Å²) in [5.41, 5.74) is 0. The second-order valence-corrected chi connectivity index (χ2v) is 4.97. The van der Waals surface area contributed by atoms with Gasteiger partial charge in [0.2, 0.25) is 5.91 Å². The summed E-state index contributed by atoms with van der Waals surface area (Å²) in [4.78, 5) is 11.3. The van der Waals surface area contributed by atoms with Gasteiger partial charge in [0.1, 0.15) is 6.04 Å². The Morgan fingerprint density at radius 1 is 0.958 bits per heavy atom. The summed E-state index contributed by atoms with van der Waals surface area (Å²) in [6.45, 7) is 3.45. The molecular weight excluding hydrogens is 312 g/mol. The molecule has 8 heteroatoms. The zero-order chi connectivity index (χ0) is 18.0. The first-order chi connectivity index (χ1) is 11.7. The molecule has 0 aliphatic heterocycles. The van der Waals surface area contributed by atoms with Crippen molar-refractivity contribution in [1.82, 2.24) is 5.32 Å². The molecule has 0 aromatic rings. The van der Waals surface area contributed by atoms with Gasteiger partial charge in [0.25, 0.3) is 0 Å². The Morgan fingerprint density at radius 3 is 1.96 bits per heavy atom. The molecule has 0 fully saturated rings. The van der Waals surface area contributed by atoms with Crippen LogP contribution in [0, 0.1) is 39.9 Å². The molecule has 1 amide bonds. The van der Waals surface area contributed by atoms with Gasteiger partial charge in [0.05, 0.1) is 70.7 Å². The fourth-order valence-electron chi connectivity index (χ4n) is 1.64. The lowest BCUT2D eigenvalue weighted by atomic mass is 10.2. The van der Waals surface area contributed by atoms with E-state index in [1.54, 1.807) is 6.92 Å². The first-order valence-corrected chi connectivity index (χ1v) is 7.84.